The van der Waals surface area contributed by atoms with Crippen LogP contribution in [0.2, 0.25) is 5.02 Å². The Labute approximate surface area is 135 Å². The third-order valence-electron chi connectivity index (χ3n) is 3.71. The lowest BCUT2D eigenvalue weighted by Crippen LogP contribution is -2.38. The van der Waals surface area contributed by atoms with Crippen molar-refractivity contribution in [3.05, 3.63) is 58.6 Å². The van der Waals surface area contributed by atoms with Gasteiger partial charge in [0, 0.05) is 12.2 Å². The van der Waals surface area contributed by atoms with Gasteiger partial charge in [-0.05, 0) is 55.7 Å². The molecule has 0 spiro atoms. The Morgan fingerprint density at radius 2 is 2.05 bits per heavy atom. The van der Waals surface area contributed by atoms with Crippen LogP contribution >= 0.6 is 23.8 Å². The van der Waals surface area contributed by atoms with Crippen molar-refractivity contribution in [2.75, 3.05) is 16.8 Å². The number of anilines is 2. The average Bonchev–Trinajstić information content (AvgIpc) is 2.48. The maximum Gasteiger partial charge on any atom is 0.177 e. The Kier molecular flexibility index (Phi) is 4.13. The van der Waals surface area contributed by atoms with Gasteiger partial charge in [0.25, 0.3) is 0 Å². The standard InChI is InChI=1S/C17H17ClN2S/c1-12-8-9-16-13(11-12)5-4-10-20(16)17(21)19-15-7-3-2-6-14(15)18/h2-3,6-9,11H,4-5,10H2,1H3,(H,19,21). The van der Waals surface area contributed by atoms with Gasteiger partial charge in [-0.3, -0.25) is 0 Å². The van der Waals surface area contributed by atoms with Gasteiger partial charge in [-0.1, -0.05) is 41.4 Å². The first-order valence-electron chi connectivity index (χ1n) is 7.08. The summed E-state index contributed by atoms with van der Waals surface area (Å²) >= 11 is 11.8. The zero-order valence-corrected chi connectivity index (χ0v) is 13.5. The van der Waals surface area contributed by atoms with E-state index in [0.717, 1.165) is 25.1 Å². The van der Waals surface area contributed by atoms with Crippen LogP contribution in [0.4, 0.5) is 11.4 Å². The second kappa shape index (κ2) is 6.04. The molecule has 3 rings (SSSR count). The summed E-state index contributed by atoms with van der Waals surface area (Å²) in [4.78, 5) is 2.16. The molecule has 0 atom stereocenters. The molecule has 1 aliphatic heterocycles. The number of hydrogen-bond donors (Lipinski definition) is 1. The van der Waals surface area contributed by atoms with Gasteiger partial charge in [0.15, 0.2) is 5.11 Å². The van der Waals surface area contributed by atoms with Crippen molar-refractivity contribution in [3.63, 3.8) is 0 Å². The van der Waals surface area contributed by atoms with Gasteiger partial charge in [-0.25, -0.2) is 0 Å². The summed E-state index contributed by atoms with van der Waals surface area (Å²) in [6, 6.07) is 14.2. The van der Waals surface area contributed by atoms with E-state index in [1.807, 2.05) is 24.3 Å². The quantitative estimate of drug-likeness (QED) is 0.761. The fourth-order valence-corrected chi connectivity index (χ4v) is 3.16. The van der Waals surface area contributed by atoms with Crippen molar-refractivity contribution in [1.29, 1.82) is 0 Å². The van der Waals surface area contributed by atoms with E-state index in [1.165, 1.54) is 16.8 Å². The minimum atomic E-state index is 0.681. The molecule has 1 heterocycles. The molecule has 2 aromatic carbocycles. The van der Waals surface area contributed by atoms with E-state index in [1.54, 1.807) is 0 Å². The molecule has 0 aliphatic carbocycles. The first-order valence-corrected chi connectivity index (χ1v) is 7.86. The molecule has 0 saturated carbocycles. The number of benzene rings is 2. The lowest BCUT2D eigenvalue weighted by atomic mass is 10.00. The highest BCUT2D eigenvalue weighted by molar-refractivity contribution is 7.80. The maximum atomic E-state index is 6.19. The molecular formula is C17H17ClN2S. The molecule has 0 aromatic heterocycles. The summed E-state index contributed by atoms with van der Waals surface area (Å²) in [6.07, 6.45) is 2.23. The second-order valence-electron chi connectivity index (χ2n) is 5.30. The van der Waals surface area contributed by atoms with Gasteiger partial charge in [0.2, 0.25) is 0 Å². The molecule has 1 N–H and O–H groups in total. The Hall–Kier alpha value is -1.58. The Bertz CT molecular complexity index is 684. The van der Waals surface area contributed by atoms with Crippen LogP contribution in [0, 0.1) is 6.92 Å². The summed E-state index contributed by atoms with van der Waals surface area (Å²) in [6.45, 7) is 3.06. The van der Waals surface area contributed by atoms with E-state index in [-0.39, 0.29) is 0 Å². The summed E-state index contributed by atoms with van der Waals surface area (Å²) in [5, 5.41) is 4.64. The van der Waals surface area contributed by atoms with Gasteiger partial charge in [-0.15, -0.1) is 0 Å². The molecule has 0 radical (unpaired) electrons. The van der Waals surface area contributed by atoms with Crippen molar-refractivity contribution in [3.8, 4) is 0 Å². The third-order valence-corrected chi connectivity index (χ3v) is 4.37. The van der Waals surface area contributed by atoms with Crippen molar-refractivity contribution < 1.29 is 0 Å². The predicted molar refractivity (Wildman–Crippen MR) is 94.5 cm³/mol. The van der Waals surface area contributed by atoms with Crippen LogP contribution in [0.5, 0.6) is 0 Å². The smallest absolute Gasteiger partial charge is 0.177 e. The van der Waals surface area contributed by atoms with Gasteiger partial charge in [-0.2, -0.15) is 0 Å². The molecule has 2 aromatic rings. The highest BCUT2D eigenvalue weighted by Gasteiger charge is 2.20. The molecule has 21 heavy (non-hydrogen) atoms. The molecule has 0 bridgehead atoms. The molecule has 0 fully saturated rings. The van der Waals surface area contributed by atoms with Crippen LogP contribution in [0.1, 0.15) is 17.5 Å². The second-order valence-corrected chi connectivity index (χ2v) is 6.09. The van der Waals surface area contributed by atoms with Gasteiger partial charge in [0.05, 0.1) is 10.7 Å². The molecule has 108 valence electrons. The largest absolute Gasteiger partial charge is 0.331 e. The first-order chi connectivity index (χ1) is 10.1. The summed E-state index contributed by atoms with van der Waals surface area (Å²) in [5.41, 5.74) is 4.71. The molecule has 0 unspecified atom stereocenters. The minimum absolute atomic E-state index is 0.681. The van der Waals surface area contributed by atoms with E-state index < -0.39 is 0 Å². The number of hydrogen-bond acceptors (Lipinski definition) is 1. The molecule has 4 heteroatoms. The SMILES string of the molecule is Cc1ccc2c(c1)CCCN2C(=S)Nc1ccccc1Cl. The van der Waals surface area contributed by atoms with E-state index in [4.69, 9.17) is 23.8 Å². The molecule has 0 saturated heterocycles. The van der Waals surface area contributed by atoms with Crippen LogP contribution in [-0.4, -0.2) is 11.7 Å². The lowest BCUT2D eigenvalue weighted by Gasteiger charge is -2.32. The molecule has 2 nitrogen and oxygen atoms in total. The molecule has 0 amide bonds. The van der Waals surface area contributed by atoms with Gasteiger partial charge >= 0.3 is 0 Å². The topological polar surface area (TPSA) is 15.3 Å². The lowest BCUT2D eigenvalue weighted by molar-refractivity contribution is 0.780. The van der Waals surface area contributed by atoms with E-state index in [0.29, 0.717) is 10.1 Å². The van der Waals surface area contributed by atoms with Crippen molar-refractivity contribution in [2.45, 2.75) is 19.8 Å². The van der Waals surface area contributed by atoms with Crippen molar-refractivity contribution >= 4 is 40.3 Å². The monoisotopic (exact) mass is 316 g/mol. The fourth-order valence-electron chi connectivity index (χ4n) is 2.68. The number of nitrogens with one attached hydrogen (secondary N) is 1. The van der Waals surface area contributed by atoms with Crippen LogP contribution in [-0.2, 0) is 6.42 Å². The van der Waals surface area contributed by atoms with Crippen molar-refractivity contribution in [1.82, 2.24) is 0 Å². The zero-order valence-electron chi connectivity index (χ0n) is 11.9. The highest BCUT2D eigenvalue weighted by Crippen LogP contribution is 2.29. The summed E-state index contributed by atoms with van der Waals surface area (Å²) in [5.74, 6) is 0. The zero-order chi connectivity index (χ0) is 14.8. The summed E-state index contributed by atoms with van der Waals surface area (Å²) < 4.78 is 0. The van der Waals surface area contributed by atoms with Gasteiger partial charge < -0.3 is 10.2 Å². The number of thiocarbonyl (C=S) groups is 1. The van der Waals surface area contributed by atoms with Crippen LogP contribution in [0.15, 0.2) is 42.5 Å². The van der Waals surface area contributed by atoms with Gasteiger partial charge in [0.1, 0.15) is 0 Å². The number of nitrogens with zero attached hydrogens (tertiary/aromatic N) is 1. The Balaban J connectivity index is 1.85. The summed E-state index contributed by atoms with van der Waals surface area (Å²) in [7, 11) is 0. The Morgan fingerprint density at radius 3 is 2.86 bits per heavy atom. The number of para-hydroxylation sites is 1. The third kappa shape index (κ3) is 3.04. The number of rotatable bonds is 1. The van der Waals surface area contributed by atoms with E-state index >= 15 is 0 Å². The Morgan fingerprint density at radius 1 is 1.24 bits per heavy atom. The number of halogens is 1. The fraction of sp³-hybridized carbons (Fsp3) is 0.235. The van der Waals surface area contributed by atoms with Crippen LogP contribution in [0.25, 0.3) is 0 Å². The van der Waals surface area contributed by atoms with Crippen molar-refractivity contribution in [2.24, 2.45) is 0 Å². The van der Waals surface area contributed by atoms with Crippen LogP contribution in [0.3, 0.4) is 0 Å². The molecule has 1 aliphatic rings. The highest BCUT2D eigenvalue weighted by atomic mass is 35.5. The van der Waals surface area contributed by atoms with E-state index in [9.17, 15) is 0 Å². The maximum absolute atomic E-state index is 6.19. The average molecular weight is 317 g/mol. The molecular weight excluding hydrogens is 300 g/mol. The predicted octanol–water partition coefficient (Wildman–Crippen LogP) is 4.80. The normalized spacial score (nSPS) is 13.7. The van der Waals surface area contributed by atoms with Crippen LogP contribution < -0.4 is 10.2 Å². The van der Waals surface area contributed by atoms with E-state index in [2.05, 4.69) is 35.3 Å². The minimum Gasteiger partial charge on any atom is -0.331 e. The number of fused-ring (bicyclic) bond motifs is 1. The first kappa shape index (κ1) is 14.4. The number of aryl methyl sites for hydroxylation is 2.